The molecule has 4 nitrogen and oxygen atoms in total. The molecular weight excluding hydrogens is 254 g/mol. The smallest absolute Gasteiger partial charge is 0.323 e. The topological polar surface area (TPSA) is 61.5 Å². The molecule has 0 aliphatic heterocycles. The summed E-state index contributed by atoms with van der Waals surface area (Å²) in [6.45, 7) is 6.51. The molecule has 1 aromatic carbocycles. The number of carbonyl (C=O) groups is 1. The van der Waals surface area contributed by atoms with E-state index in [1.807, 2.05) is 51.1 Å². The van der Waals surface area contributed by atoms with Crippen molar-refractivity contribution in [2.75, 3.05) is 13.2 Å². The molecule has 0 bridgehead atoms. The van der Waals surface area contributed by atoms with E-state index in [1.54, 1.807) is 0 Å². The number of hydrogen-bond acceptors (Lipinski definition) is 4. The number of hydrogen-bond donors (Lipinski definition) is 1. The average Bonchev–Trinajstić information content (AvgIpc) is 2.40. The van der Waals surface area contributed by atoms with Crippen LogP contribution < -0.4 is 5.73 Å². The third-order valence-electron chi connectivity index (χ3n) is 2.75. The summed E-state index contributed by atoms with van der Waals surface area (Å²) >= 11 is 0. The highest BCUT2D eigenvalue weighted by molar-refractivity contribution is 5.75. The summed E-state index contributed by atoms with van der Waals surface area (Å²) in [5, 5.41) is 0. The van der Waals surface area contributed by atoms with Gasteiger partial charge in [-0.15, -0.1) is 0 Å². The van der Waals surface area contributed by atoms with Crippen LogP contribution >= 0.6 is 0 Å². The van der Waals surface area contributed by atoms with E-state index in [0.29, 0.717) is 13.0 Å². The Morgan fingerprint density at radius 1 is 1.20 bits per heavy atom. The molecule has 2 N–H and O–H groups in total. The van der Waals surface area contributed by atoms with Gasteiger partial charge in [-0.25, -0.2) is 0 Å². The predicted molar refractivity (Wildman–Crippen MR) is 79.4 cm³/mol. The van der Waals surface area contributed by atoms with Gasteiger partial charge in [0.2, 0.25) is 0 Å². The van der Waals surface area contributed by atoms with Gasteiger partial charge in [-0.05, 0) is 39.2 Å². The molecule has 0 aromatic heterocycles. The second kappa shape index (κ2) is 8.02. The third kappa shape index (κ3) is 7.26. The van der Waals surface area contributed by atoms with Crippen molar-refractivity contribution in [3.05, 3.63) is 35.9 Å². The van der Waals surface area contributed by atoms with E-state index in [0.717, 1.165) is 6.42 Å². The minimum Gasteiger partial charge on any atom is -0.462 e. The Kier molecular flexibility index (Phi) is 6.68. The Morgan fingerprint density at radius 2 is 1.85 bits per heavy atom. The first-order valence-electron chi connectivity index (χ1n) is 6.98. The summed E-state index contributed by atoms with van der Waals surface area (Å²) in [6, 6.07) is 9.38. The van der Waals surface area contributed by atoms with Crippen LogP contribution in [0.3, 0.4) is 0 Å². The van der Waals surface area contributed by atoms with Crippen LogP contribution in [0.25, 0.3) is 0 Å². The molecule has 0 aliphatic rings. The van der Waals surface area contributed by atoms with E-state index < -0.39 is 6.04 Å². The number of aryl methyl sites for hydroxylation is 1. The lowest BCUT2D eigenvalue weighted by atomic mass is 10.1. The summed E-state index contributed by atoms with van der Waals surface area (Å²) in [7, 11) is 0. The van der Waals surface area contributed by atoms with Crippen molar-refractivity contribution in [2.24, 2.45) is 5.73 Å². The molecule has 1 aromatic rings. The van der Waals surface area contributed by atoms with Crippen LogP contribution in [0, 0.1) is 0 Å². The van der Waals surface area contributed by atoms with Crippen molar-refractivity contribution in [2.45, 2.75) is 45.3 Å². The SMILES string of the molecule is CC(C)(C)OCCOC(=O)[C@@H](N)CCc1ccccc1. The van der Waals surface area contributed by atoms with Gasteiger partial charge in [0, 0.05) is 0 Å². The zero-order chi connectivity index (χ0) is 15.0. The molecule has 0 saturated heterocycles. The molecule has 0 heterocycles. The lowest BCUT2D eigenvalue weighted by Crippen LogP contribution is -2.34. The van der Waals surface area contributed by atoms with Crippen LogP contribution in [0.2, 0.25) is 0 Å². The summed E-state index contributed by atoms with van der Waals surface area (Å²) < 4.78 is 10.6. The van der Waals surface area contributed by atoms with E-state index in [1.165, 1.54) is 5.56 Å². The van der Waals surface area contributed by atoms with Gasteiger partial charge < -0.3 is 15.2 Å². The molecule has 20 heavy (non-hydrogen) atoms. The first-order valence-corrected chi connectivity index (χ1v) is 6.98. The van der Waals surface area contributed by atoms with E-state index in [9.17, 15) is 4.79 Å². The predicted octanol–water partition coefficient (Wildman–Crippen LogP) is 2.30. The molecule has 112 valence electrons. The number of benzene rings is 1. The Bertz CT molecular complexity index is 398. The summed E-state index contributed by atoms with van der Waals surface area (Å²) in [5.74, 6) is -0.363. The van der Waals surface area contributed by atoms with Crippen molar-refractivity contribution < 1.29 is 14.3 Å². The maximum atomic E-state index is 11.7. The van der Waals surface area contributed by atoms with Crippen molar-refractivity contribution in [3.63, 3.8) is 0 Å². The molecular formula is C16H25NO3. The molecule has 0 aliphatic carbocycles. The monoisotopic (exact) mass is 279 g/mol. The summed E-state index contributed by atoms with van der Waals surface area (Å²) in [5.41, 5.74) is 6.77. The second-order valence-electron chi connectivity index (χ2n) is 5.76. The minimum absolute atomic E-state index is 0.220. The van der Waals surface area contributed by atoms with Crippen molar-refractivity contribution in [3.8, 4) is 0 Å². The van der Waals surface area contributed by atoms with Gasteiger partial charge in [0.1, 0.15) is 12.6 Å². The Balaban J connectivity index is 2.19. The molecule has 0 radical (unpaired) electrons. The third-order valence-corrected chi connectivity index (χ3v) is 2.75. The van der Waals surface area contributed by atoms with E-state index in [-0.39, 0.29) is 18.2 Å². The van der Waals surface area contributed by atoms with Gasteiger partial charge in [0.25, 0.3) is 0 Å². The highest BCUT2D eigenvalue weighted by Crippen LogP contribution is 2.07. The Hall–Kier alpha value is -1.39. The molecule has 0 unspecified atom stereocenters. The quantitative estimate of drug-likeness (QED) is 0.614. The first-order chi connectivity index (χ1) is 9.38. The van der Waals surface area contributed by atoms with Crippen LogP contribution in [0.15, 0.2) is 30.3 Å². The maximum Gasteiger partial charge on any atom is 0.323 e. The van der Waals surface area contributed by atoms with Gasteiger partial charge in [0.05, 0.1) is 12.2 Å². The highest BCUT2D eigenvalue weighted by atomic mass is 16.6. The fraction of sp³-hybridized carbons (Fsp3) is 0.562. The lowest BCUT2D eigenvalue weighted by Gasteiger charge is -2.19. The standard InChI is InChI=1S/C16H25NO3/c1-16(2,3)20-12-11-19-15(18)14(17)10-9-13-7-5-4-6-8-13/h4-8,14H,9-12,17H2,1-3H3/t14-/m0/s1. The fourth-order valence-corrected chi connectivity index (χ4v) is 1.68. The lowest BCUT2D eigenvalue weighted by molar-refractivity contribution is -0.148. The van der Waals surface area contributed by atoms with Crippen molar-refractivity contribution >= 4 is 5.97 Å². The largest absolute Gasteiger partial charge is 0.462 e. The normalized spacial score (nSPS) is 13.0. The molecule has 0 fully saturated rings. The van der Waals surface area contributed by atoms with Crippen molar-refractivity contribution in [1.29, 1.82) is 0 Å². The molecule has 1 rings (SSSR count). The van der Waals surface area contributed by atoms with E-state index in [2.05, 4.69) is 0 Å². The number of ether oxygens (including phenoxy) is 2. The van der Waals surface area contributed by atoms with Crippen LogP contribution in [-0.4, -0.2) is 30.8 Å². The maximum absolute atomic E-state index is 11.7. The second-order valence-corrected chi connectivity index (χ2v) is 5.76. The van der Waals surface area contributed by atoms with Crippen LogP contribution in [0.5, 0.6) is 0 Å². The number of esters is 1. The van der Waals surface area contributed by atoms with E-state index in [4.69, 9.17) is 15.2 Å². The zero-order valence-electron chi connectivity index (χ0n) is 12.6. The first kappa shape index (κ1) is 16.7. The van der Waals surface area contributed by atoms with Gasteiger partial charge in [-0.2, -0.15) is 0 Å². The number of carbonyl (C=O) groups excluding carboxylic acids is 1. The molecule has 0 saturated carbocycles. The van der Waals surface area contributed by atoms with Crippen LogP contribution in [0.1, 0.15) is 32.8 Å². The van der Waals surface area contributed by atoms with Crippen LogP contribution in [0.4, 0.5) is 0 Å². The number of nitrogens with two attached hydrogens (primary N) is 1. The Labute approximate surface area is 121 Å². The van der Waals surface area contributed by atoms with Gasteiger partial charge in [-0.3, -0.25) is 4.79 Å². The average molecular weight is 279 g/mol. The van der Waals surface area contributed by atoms with Crippen molar-refractivity contribution in [1.82, 2.24) is 0 Å². The zero-order valence-corrected chi connectivity index (χ0v) is 12.6. The van der Waals surface area contributed by atoms with Gasteiger partial charge in [0.15, 0.2) is 0 Å². The summed E-state index contributed by atoms with van der Waals surface area (Å²) in [6.07, 6.45) is 1.36. The van der Waals surface area contributed by atoms with Crippen LogP contribution in [-0.2, 0) is 20.7 Å². The summed E-state index contributed by atoms with van der Waals surface area (Å²) in [4.78, 5) is 11.7. The van der Waals surface area contributed by atoms with Gasteiger partial charge in [-0.1, -0.05) is 30.3 Å². The van der Waals surface area contributed by atoms with Gasteiger partial charge >= 0.3 is 5.97 Å². The molecule has 0 spiro atoms. The number of rotatable bonds is 7. The fourth-order valence-electron chi connectivity index (χ4n) is 1.68. The molecule has 4 heteroatoms. The molecule has 0 amide bonds. The minimum atomic E-state index is -0.579. The highest BCUT2D eigenvalue weighted by Gasteiger charge is 2.15. The Morgan fingerprint density at radius 3 is 2.45 bits per heavy atom. The molecule has 1 atom stereocenters. The van der Waals surface area contributed by atoms with E-state index >= 15 is 0 Å².